The van der Waals surface area contributed by atoms with Gasteiger partial charge in [-0.25, -0.2) is 0 Å². The molecule has 0 fully saturated rings. The summed E-state index contributed by atoms with van der Waals surface area (Å²) in [4.78, 5) is 0. The Hall–Kier alpha value is -1.70. The minimum atomic E-state index is 0.283. The minimum absolute atomic E-state index is 0.283. The van der Waals surface area contributed by atoms with Crippen molar-refractivity contribution in [2.24, 2.45) is 0 Å². The van der Waals surface area contributed by atoms with Crippen LogP contribution in [0.5, 0.6) is 11.5 Å². The number of rotatable bonds is 6. The molecule has 1 aliphatic heterocycles. The molecule has 1 aliphatic rings. The molecule has 0 saturated carbocycles. The lowest BCUT2D eigenvalue weighted by molar-refractivity contribution is 0.253. The Labute approximate surface area is 134 Å². The zero-order valence-electron chi connectivity index (χ0n) is 14.5. The van der Waals surface area contributed by atoms with Crippen LogP contribution in [0.1, 0.15) is 53.0 Å². The summed E-state index contributed by atoms with van der Waals surface area (Å²) in [6.45, 7) is 11.5. The van der Waals surface area contributed by atoms with Gasteiger partial charge in [-0.15, -0.1) is 0 Å². The highest BCUT2D eigenvalue weighted by Crippen LogP contribution is 2.32. The molecule has 0 radical (unpaired) electrons. The van der Waals surface area contributed by atoms with Crippen molar-refractivity contribution in [2.75, 3.05) is 6.61 Å². The van der Waals surface area contributed by atoms with Gasteiger partial charge in [-0.2, -0.15) is 0 Å². The molecular weight excluding hydrogens is 272 g/mol. The Bertz CT molecular complexity index is 577. The largest absolute Gasteiger partial charge is 0.490 e. The normalized spacial score (nSPS) is 17.0. The van der Waals surface area contributed by atoms with Crippen LogP contribution in [0.4, 0.5) is 0 Å². The van der Waals surface area contributed by atoms with Crippen molar-refractivity contribution < 1.29 is 9.47 Å². The summed E-state index contributed by atoms with van der Waals surface area (Å²) >= 11 is 0. The molecule has 0 aliphatic carbocycles. The van der Waals surface area contributed by atoms with Gasteiger partial charge in [0.05, 0.1) is 0 Å². The van der Waals surface area contributed by atoms with Gasteiger partial charge in [-0.3, -0.25) is 0 Å². The monoisotopic (exact) mass is 300 g/mol. The Morgan fingerprint density at radius 3 is 2.73 bits per heavy atom. The van der Waals surface area contributed by atoms with Gasteiger partial charge < -0.3 is 9.47 Å². The highest BCUT2D eigenvalue weighted by molar-refractivity contribution is 5.43. The van der Waals surface area contributed by atoms with Crippen molar-refractivity contribution in [3.63, 3.8) is 0 Å². The van der Waals surface area contributed by atoms with Gasteiger partial charge in [0.25, 0.3) is 0 Å². The Kier molecular flexibility index (Phi) is 5.70. The fourth-order valence-electron chi connectivity index (χ4n) is 2.49. The van der Waals surface area contributed by atoms with E-state index in [1.165, 1.54) is 22.3 Å². The van der Waals surface area contributed by atoms with E-state index in [2.05, 4.69) is 46.8 Å². The molecule has 0 N–H and O–H groups in total. The Morgan fingerprint density at radius 2 is 2.00 bits per heavy atom. The first-order valence-corrected chi connectivity index (χ1v) is 8.16. The summed E-state index contributed by atoms with van der Waals surface area (Å²) in [5.41, 5.74) is 5.57. The van der Waals surface area contributed by atoms with E-state index in [1.807, 2.05) is 12.1 Å². The molecule has 0 spiro atoms. The lowest BCUT2D eigenvalue weighted by Gasteiger charge is -2.08. The summed E-state index contributed by atoms with van der Waals surface area (Å²) in [5, 5.41) is 0. The predicted molar refractivity (Wildman–Crippen MR) is 92.8 cm³/mol. The molecule has 1 aromatic carbocycles. The molecule has 0 aromatic heterocycles. The van der Waals surface area contributed by atoms with Crippen LogP contribution in [0.25, 0.3) is 0 Å². The van der Waals surface area contributed by atoms with Gasteiger partial charge in [0.15, 0.2) is 0 Å². The number of fused-ring (bicyclic) bond motifs is 1. The first-order chi connectivity index (χ1) is 10.5. The average Bonchev–Trinajstić information content (AvgIpc) is 2.83. The van der Waals surface area contributed by atoms with Crippen LogP contribution in [-0.2, 0) is 6.42 Å². The molecule has 2 rings (SSSR count). The van der Waals surface area contributed by atoms with Crippen molar-refractivity contribution in [2.45, 2.75) is 60.0 Å². The van der Waals surface area contributed by atoms with E-state index in [0.717, 1.165) is 30.8 Å². The smallest absolute Gasteiger partial charge is 0.126 e. The third-order valence-electron chi connectivity index (χ3n) is 4.30. The molecule has 1 aromatic rings. The van der Waals surface area contributed by atoms with Gasteiger partial charge in [0, 0.05) is 12.5 Å². The molecule has 1 atom stereocenters. The van der Waals surface area contributed by atoms with E-state index < -0.39 is 0 Å². The summed E-state index contributed by atoms with van der Waals surface area (Å²) in [7, 11) is 0. The van der Waals surface area contributed by atoms with Crippen LogP contribution < -0.4 is 9.47 Å². The molecule has 2 nitrogen and oxygen atoms in total. The number of hydrogen-bond acceptors (Lipinski definition) is 2. The summed E-state index contributed by atoms with van der Waals surface area (Å²) in [6, 6.07) is 6.16. The molecular formula is C20H28O2. The molecule has 1 unspecified atom stereocenters. The quantitative estimate of drug-likeness (QED) is 0.648. The van der Waals surface area contributed by atoms with Crippen LogP contribution in [0, 0.1) is 0 Å². The number of ether oxygens (including phenoxy) is 2. The number of hydrogen-bond donors (Lipinski definition) is 0. The lowest BCUT2D eigenvalue weighted by atomic mass is 10.0. The van der Waals surface area contributed by atoms with Gasteiger partial charge in [0.2, 0.25) is 0 Å². The maximum absolute atomic E-state index is 5.82. The van der Waals surface area contributed by atoms with Crippen molar-refractivity contribution >= 4 is 0 Å². The first kappa shape index (κ1) is 16.7. The van der Waals surface area contributed by atoms with Crippen molar-refractivity contribution in [3.8, 4) is 11.5 Å². The second kappa shape index (κ2) is 7.53. The van der Waals surface area contributed by atoms with E-state index in [9.17, 15) is 0 Å². The van der Waals surface area contributed by atoms with Gasteiger partial charge in [-0.1, -0.05) is 22.8 Å². The molecule has 0 bridgehead atoms. The average molecular weight is 300 g/mol. The van der Waals surface area contributed by atoms with E-state index in [4.69, 9.17) is 9.47 Å². The summed E-state index contributed by atoms with van der Waals surface area (Å²) < 4.78 is 11.6. The SMILES string of the molecule is CC(=CCOc1ccc2c(c1)OC(C)C2)CCC(C)=C(C)C. The van der Waals surface area contributed by atoms with Crippen LogP contribution in [0.2, 0.25) is 0 Å². The number of benzene rings is 1. The maximum Gasteiger partial charge on any atom is 0.126 e. The van der Waals surface area contributed by atoms with Crippen LogP contribution in [0.15, 0.2) is 41.0 Å². The van der Waals surface area contributed by atoms with Crippen LogP contribution >= 0.6 is 0 Å². The van der Waals surface area contributed by atoms with Crippen molar-refractivity contribution in [1.29, 1.82) is 0 Å². The maximum atomic E-state index is 5.82. The van der Waals surface area contributed by atoms with E-state index in [0.29, 0.717) is 6.61 Å². The molecule has 0 amide bonds. The highest BCUT2D eigenvalue weighted by atomic mass is 16.5. The van der Waals surface area contributed by atoms with Gasteiger partial charge >= 0.3 is 0 Å². The molecule has 22 heavy (non-hydrogen) atoms. The van der Waals surface area contributed by atoms with Crippen molar-refractivity contribution in [3.05, 3.63) is 46.6 Å². The second-order valence-electron chi connectivity index (χ2n) is 6.54. The summed E-state index contributed by atoms with van der Waals surface area (Å²) in [5.74, 6) is 1.86. The molecule has 0 saturated heterocycles. The fourth-order valence-corrected chi connectivity index (χ4v) is 2.49. The first-order valence-electron chi connectivity index (χ1n) is 8.16. The van der Waals surface area contributed by atoms with E-state index in [1.54, 1.807) is 0 Å². The highest BCUT2D eigenvalue weighted by Gasteiger charge is 2.18. The predicted octanol–water partition coefficient (Wildman–Crippen LogP) is 5.47. The third-order valence-corrected chi connectivity index (χ3v) is 4.30. The van der Waals surface area contributed by atoms with E-state index >= 15 is 0 Å². The topological polar surface area (TPSA) is 18.5 Å². The molecule has 1 heterocycles. The Morgan fingerprint density at radius 1 is 1.23 bits per heavy atom. The minimum Gasteiger partial charge on any atom is -0.490 e. The molecule has 2 heteroatoms. The van der Waals surface area contributed by atoms with Crippen LogP contribution in [-0.4, -0.2) is 12.7 Å². The fraction of sp³-hybridized carbons (Fsp3) is 0.500. The van der Waals surface area contributed by atoms with E-state index in [-0.39, 0.29) is 6.10 Å². The van der Waals surface area contributed by atoms with Crippen molar-refractivity contribution in [1.82, 2.24) is 0 Å². The zero-order chi connectivity index (χ0) is 16.1. The van der Waals surface area contributed by atoms with Crippen LogP contribution in [0.3, 0.4) is 0 Å². The molecule has 120 valence electrons. The number of allylic oxidation sites excluding steroid dienone is 3. The second-order valence-corrected chi connectivity index (χ2v) is 6.54. The zero-order valence-corrected chi connectivity index (χ0v) is 14.5. The lowest BCUT2D eigenvalue weighted by Crippen LogP contribution is -2.05. The Balaban J connectivity index is 1.82. The third kappa shape index (κ3) is 4.66. The summed E-state index contributed by atoms with van der Waals surface area (Å²) in [6.07, 6.45) is 5.69. The van der Waals surface area contributed by atoms with Gasteiger partial charge in [0.1, 0.15) is 24.2 Å². The van der Waals surface area contributed by atoms with Gasteiger partial charge in [-0.05, 0) is 65.2 Å². The standard InChI is InChI=1S/C20H28O2/c1-14(2)16(4)7-6-15(3)10-11-21-19-9-8-18-12-17(5)22-20(18)13-19/h8-10,13,17H,6-7,11-12H2,1-5H3.